The standard InChI is InChI=1S/C21H20ClF3N8/c22-15-2-3-16-14(6-15)7-30(13-21(23,24)25)8-17-28-29-19(33(16)17)32-11-20(12-32)9-31(10-20)18-26-4-1-5-27-18/h1-6H,7-13H2. The maximum absolute atomic E-state index is 13.2. The molecule has 2 aromatic heterocycles. The smallest absolute Gasteiger partial charge is 0.339 e. The fourth-order valence-electron chi connectivity index (χ4n) is 5.09. The SMILES string of the molecule is FC(F)(F)CN1Cc2cc(Cl)ccc2-n2c(nnc2N2CC3(CN(c4ncccn4)C3)C2)C1. The van der Waals surface area contributed by atoms with E-state index >= 15 is 0 Å². The van der Waals surface area contributed by atoms with Gasteiger partial charge in [-0.05, 0) is 29.8 Å². The summed E-state index contributed by atoms with van der Waals surface area (Å²) in [6.07, 6.45) is -0.839. The average Bonchev–Trinajstić information content (AvgIpc) is 3.02. The van der Waals surface area contributed by atoms with E-state index in [9.17, 15) is 13.2 Å². The van der Waals surface area contributed by atoms with Crippen molar-refractivity contribution in [3.05, 3.63) is 53.1 Å². The van der Waals surface area contributed by atoms with Crippen LogP contribution in [0.4, 0.5) is 25.1 Å². The number of hydrogen-bond donors (Lipinski definition) is 0. The molecule has 0 aliphatic carbocycles. The van der Waals surface area contributed by atoms with Crippen LogP contribution in [-0.2, 0) is 13.1 Å². The molecule has 3 aliphatic rings. The first-order valence-corrected chi connectivity index (χ1v) is 11.0. The molecular weight excluding hydrogens is 457 g/mol. The van der Waals surface area contributed by atoms with Crippen LogP contribution < -0.4 is 9.80 Å². The summed E-state index contributed by atoms with van der Waals surface area (Å²) in [5.41, 5.74) is 1.63. The highest BCUT2D eigenvalue weighted by Crippen LogP contribution is 2.43. The lowest BCUT2D eigenvalue weighted by Gasteiger charge is -2.60. The summed E-state index contributed by atoms with van der Waals surface area (Å²) in [6, 6.07) is 7.09. The highest BCUT2D eigenvalue weighted by molar-refractivity contribution is 6.30. The molecule has 1 spiro atoms. The molecule has 2 fully saturated rings. The van der Waals surface area contributed by atoms with Gasteiger partial charge in [0, 0.05) is 55.6 Å². The Kier molecular flexibility index (Phi) is 4.57. The second kappa shape index (κ2) is 7.29. The number of benzene rings is 1. The van der Waals surface area contributed by atoms with E-state index in [1.807, 2.05) is 10.6 Å². The highest BCUT2D eigenvalue weighted by Gasteiger charge is 2.54. The van der Waals surface area contributed by atoms with Gasteiger partial charge >= 0.3 is 6.18 Å². The van der Waals surface area contributed by atoms with Gasteiger partial charge in [-0.1, -0.05) is 11.6 Å². The van der Waals surface area contributed by atoms with Gasteiger partial charge in [0.15, 0.2) is 5.82 Å². The summed E-state index contributed by atoms with van der Waals surface area (Å²) < 4.78 is 41.3. The van der Waals surface area contributed by atoms with Crippen molar-refractivity contribution in [3.63, 3.8) is 0 Å². The Hall–Kier alpha value is -2.92. The molecule has 1 aromatic carbocycles. The van der Waals surface area contributed by atoms with Crippen LogP contribution in [0.5, 0.6) is 0 Å². The van der Waals surface area contributed by atoms with Gasteiger partial charge < -0.3 is 9.80 Å². The van der Waals surface area contributed by atoms with E-state index in [-0.39, 0.29) is 18.5 Å². The number of aromatic nitrogens is 5. The van der Waals surface area contributed by atoms with E-state index in [0.717, 1.165) is 43.4 Å². The van der Waals surface area contributed by atoms with Crippen molar-refractivity contribution in [1.82, 2.24) is 29.6 Å². The number of fused-ring (bicyclic) bond motifs is 3. The van der Waals surface area contributed by atoms with Crippen LogP contribution in [0.1, 0.15) is 11.4 Å². The Bertz CT molecular complexity index is 1180. The second-order valence-electron chi connectivity index (χ2n) is 9.05. The molecule has 0 N–H and O–H groups in total. The molecular formula is C21H20ClF3N8. The molecule has 3 aromatic rings. The van der Waals surface area contributed by atoms with Crippen LogP contribution in [0.3, 0.4) is 0 Å². The predicted molar refractivity (Wildman–Crippen MR) is 115 cm³/mol. The summed E-state index contributed by atoms with van der Waals surface area (Å²) in [7, 11) is 0. The van der Waals surface area contributed by atoms with Crippen molar-refractivity contribution in [1.29, 1.82) is 0 Å². The Morgan fingerprint density at radius 3 is 2.42 bits per heavy atom. The molecule has 0 unspecified atom stereocenters. The summed E-state index contributed by atoms with van der Waals surface area (Å²) >= 11 is 6.17. The fourth-order valence-corrected chi connectivity index (χ4v) is 5.28. The van der Waals surface area contributed by atoms with Crippen LogP contribution in [0, 0.1) is 5.41 Å². The summed E-state index contributed by atoms with van der Waals surface area (Å²) in [4.78, 5) is 14.2. The molecule has 33 heavy (non-hydrogen) atoms. The number of halogens is 4. The maximum Gasteiger partial charge on any atom is 0.401 e. The molecule has 172 valence electrons. The van der Waals surface area contributed by atoms with Gasteiger partial charge in [-0.3, -0.25) is 9.47 Å². The summed E-state index contributed by atoms with van der Waals surface area (Å²) in [5, 5.41) is 9.13. The molecule has 0 amide bonds. The molecule has 3 aliphatic heterocycles. The predicted octanol–water partition coefficient (Wildman–Crippen LogP) is 2.92. The van der Waals surface area contributed by atoms with Crippen LogP contribution in [0.2, 0.25) is 5.02 Å². The van der Waals surface area contributed by atoms with Crippen molar-refractivity contribution in [2.75, 3.05) is 42.5 Å². The Morgan fingerprint density at radius 1 is 0.970 bits per heavy atom. The van der Waals surface area contributed by atoms with Gasteiger partial charge in [0.25, 0.3) is 0 Å². The quantitative estimate of drug-likeness (QED) is 0.576. The van der Waals surface area contributed by atoms with Crippen molar-refractivity contribution in [2.24, 2.45) is 5.41 Å². The first-order valence-electron chi connectivity index (χ1n) is 10.6. The van der Waals surface area contributed by atoms with Crippen LogP contribution >= 0.6 is 11.6 Å². The third-order valence-corrected chi connectivity index (χ3v) is 6.62. The van der Waals surface area contributed by atoms with E-state index in [4.69, 9.17) is 11.6 Å². The second-order valence-corrected chi connectivity index (χ2v) is 9.48. The molecule has 8 nitrogen and oxygen atoms in total. The lowest BCUT2D eigenvalue weighted by atomic mass is 9.73. The van der Waals surface area contributed by atoms with Gasteiger partial charge in [-0.2, -0.15) is 13.2 Å². The largest absolute Gasteiger partial charge is 0.401 e. The molecule has 0 atom stereocenters. The minimum absolute atomic E-state index is 0.0525. The monoisotopic (exact) mass is 476 g/mol. The first-order chi connectivity index (χ1) is 15.8. The first kappa shape index (κ1) is 20.7. The molecule has 6 rings (SSSR count). The van der Waals surface area contributed by atoms with E-state index < -0.39 is 12.7 Å². The molecule has 5 heterocycles. The minimum atomic E-state index is -4.31. The van der Waals surface area contributed by atoms with Crippen molar-refractivity contribution < 1.29 is 13.2 Å². The normalized spacial score (nSPS) is 19.5. The lowest BCUT2D eigenvalue weighted by molar-refractivity contribution is -0.148. The number of rotatable bonds is 3. The number of hydrogen-bond acceptors (Lipinski definition) is 7. The Morgan fingerprint density at radius 2 is 1.70 bits per heavy atom. The van der Waals surface area contributed by atoms with Crippen molar-refractivity contribution in [2.45, 2.75) is 19.3 Å². The third-order valence-electron chi connectivity index (χ3n) is 6.38. The Labute approximate surface area is 192 Å². The van der Waals surface area contributed by atoms with E-state index in [1.165, 1.54) is 4.90 Å². The van der Waals surface area contributed by atoms with Crippen molar-refractivity contribution in [3.8, 4) is 5.69 Å². The van der Waals surface area contributed by atoms with Gasteiger partial charge in [-0.25, -0.2) is 9.97 Å². The molecule has 12 heteroatoms. The van der Waals surface area contributed by atoms with Gasteiger partial charge in [0.2, 0.25) is 11.9 Å². The van der Waals surface area contributed by atoms with Crippen molar-refractivity contribution >= 4 is 23.5 Å². The summed E-state index contributed by atoms with van der Waals surface area (Å²) in [5.74, 6) is 1.88. The Balaban J connectivity index is 1.25. The van der Waals surface area contributed by atoms with Gasteiger partial charge in [0.05, 0.1) is 18.8 Å². The molecule has 0 bridgehead atoms. The highest BCUT2D eigenvalue weighted by atomic mass is 35.5. The van der Waals surface area contributed by atoms with E-state index in [2.05, 4.69) is 30.0 Å². The number of anilines is 2. The van der Waals surface area contributed by atoms with E-state index in [1.54, 1.807) is 30.6 Å². The number of alkyl halides is 3. The average molecular weight is 477 g/mol. The zero-order valence-corrected chi connectivity index (χ0v) is 18.3. The van der Waals surface area contributed by atoms with Crippen LogP contribution in [0.25, 0.3) is 5.69 Å². The molecule has 2 saturated heterocycles. The lowest BCUT2D eigenvalue weighted by Crippen LogP contribution is -2.73. The molecule has 0 saturated carbocycles. The van der Waals surface area contributed by atoms with Gasteiger partial charge in [0.1, 0.15) is 0 Å². The maximum atomic E-state index is 13.2. The minimum Gasteiger partial charge on any atom is -0.339 e. The third kappa shape index (κ3) is 3.68. The number of nitrogens with zero attached hydrogens (tertiary/aromatic N) is 8. The fraction of sp³-hybridized carbons (Fsp3) is 0.429. The molecule has 0 radical (unpaired) electrons. The zero-order valence-electron chi connectivity index (χ0n) is 17.5. The zero-order chi connectivity index (χ0) is 22.8. The van der Waals surface area contributed by atoms with Gasteiger partial charge in [-0.15, -0.1) is 10.2 Å². The van der Waals surface area contributed by atoms with E-state index in [0.29, 0.717) is 16.8 Å². The van der Waals surface area contributed by atoms with Crippen LogP contribution in [-0.4, -0.2) is 68.5 Å². The summed E-state index contributed by atoms with van der Waals surface area (Å²) in [6.45, 7) is 2.48. The topological polar surface area (TPSA) is 66.2 Å². The van der Waals surface area contributed by atoms with Crippen LogP contribution in [0.15, 0.2) is 36.7 Å².